The van der Waals surface area contributed by atoms with Crippen LogP contribution in [0.15, 0.2) is 77.7 Å². The summed E-state index contributed by atoms with van der Waals surface area (Å²) in [6, 6.07) is 20.9. The Morgan fingerprint density at radius 1 is 0.882 bits per heavy atom. The summed E-state index contributed by atoms with van der Waals surface area (Å²) in [6.07, 6.45) is 3.73. The van der Waals surface area contributed by atoms with E-state index in [9.17, 15) is 13.2 Å². The highest BCUT2D eigenvalue weighted by Gasteiger charge is 2.21. The largest absolute Gasteiger partial charge is 0.348 e. The van der Waals surface area contributed by atoms with Gasteiger partial charge in [-0.1, -0.05) is 60.5 Å². The monoisotopic (exact) mass is 497 g/mol. The van der Waals surface area contributed by atoms with Crippen molar-refractivity contribution < 1.29 is 13.2 Å². The Morgan fingerprint density at radius 3 is 2.29 bits per heavy atom. The summed E-state index contributed by atoms with van der Waals surface area (Å²) >= 11 is 6.18. The van der Waals surface area contributed by atoms with E-state index in [1.807, 2.05) is 18.2 Å². The molecule has 0 spiro atoms. The number of piperidine rings is 1. The first-order chi connectivity index (χ1) is 16.4. The highest BCUT2D eigenvalue weighted by Crippen LogP contribution is 2.25. The fourth-order valence-corrected chi connectivity index (χ4v) is 5.67. The number of benzene rings is 3. The third kappa shape index (κ3) is 6.17. The summed E-state index contributed by atoms with van der Waals surface area (Å²) in [7, 11) is -3.96. The molecule has 1 heterocycles. The molecular weight excluding hydrogens is 470 g/mol. The first-order valence-electron chi connectivity index (χ1n) is 11.4. The molecule has 178 valence electrons. The standard InChI is InChI=1S/C26H28ClN3O3S/c27-24-14-13-20(17-25(24)34(32,33)29-23-11-3-1-4-12-23)26(31)28-18-21-9-5-6-10-22(21)19-30-15-7-2-8-16-30/h1,3-6,9-14,17,29H,2,7-8,15-16,18-19H2,(H,28,31). The number of para-hydroxylation sites is 1. The number of nitrogens with one attached hydrogen (secondary N) is 2. The number of likely N-dealkylation sites (tertiary alicyclic amines) is 1. The molecule has 3 aromatic rings. The summed E-state index contributed by atoms with van der Waals surface area (Å²) in [5.41, 5.74) is 2.88. The van der Waals surface area contributed by atoms with Gasteiger partial charge in [0.2, 0.25) is 0 Å². The van der Waals surface area contributed by atoms with Crippen molar-refractivity contribution >= 4 is 33.2 Å². The SMILES string of the molecule is O=C(NCc1ccccc1CN1CCCCC1)c1ccc(Cl)c(S(=O)(=O)Nc2ccccc2)c1. The topological polar surface area (TPSA) is 78.5 Å². The van der Waals surface area contributed by atoms with Crippen LogP contribution in [-0.2, 0) is 23.1 Å². The lowest BCUT2D eigenvalue weighted by atomic mass is 10.0. The van der Waals surface area contributed by atoms with Gasteiger partial charge in [0.05, 0.1) is 5.02 Å². The van der Waals surface area contributed by atoms with Crippen molar-refractivity contribution in [3.63, 3.8) is 0 Å². The molecule has 1 aliphatic heterocycles. The van der Waals surface area contributed by atoms with Gasteiger partial charge in [0.15, 0.2) is 0 Å². The molecule has 4 rings (SSSR count). The number of carbonyl (C=O) groups is 1. The first-order valence-corrected chi connectivity index (χ1v) is 13.2. The van der Waals surface area contributed by atoms with E-state index >= 15 is 0 Å². The second-order valence-corrected chi connectivity index (χ2v) is 10.5. The first kappa shape index (κ1) is 24.3. The molecule has 34 heavy (non-hydrogen) atoms. The zero-order valence-corrected chi connectivity index (χ0v) is 20.4. The molecule has 0 atom stereocenters. The minimum absolute atomic E-state index is 0.0480. The highest BCUT2D eigenvalue weighted by atomic mass is 35.5. The minimum atomic E-state index is -3.96. The van der Waals surface area contributed by atoms with Crippen molar-refractivity contribution in [2.24, 2.45) is 0 Å². The highest BCUT2D eigenvalue weighted by molar-refractivity contribution is 7.92. The van der Waals surface area contributed by atoms with Crippen molar-refractivity contribution in [1.29, 1.82) is 0 Å². The molecule has 0 bridgehead atoms. The van der Waals surface area contributed by atoms with Gasteiger partial charge in [-0.3, -0.25) is 14.4 Å². The maximum absolute atomic E-state index is 12.9. The van der Waals surface area contributed by atoms with E-state index in [4.69, 9.17) is 11.6 Å². The molecule has 1 amide bonds. The number of rotatable bonds is 8. The molecule has 1 fully saturated rings. The van der Waals surface area contributed by atoms with Crippen LogP contribution >= 0.6 is 11.6 Å². The van der Waals surface area contributed by atoms with Crippen LogP contribution in [0.4, 0.5) is 5.69 Å². The fraction of sp³-hybridized carbons (Fsp3) is 0.269. The molecule has 1 aliphatic rings. The Morgan fingerprint density at radius 2 is 1.56 bits per heavy atom. The van der Waals surface area contributed by atoms with Gasteiger partial charge in [-0.25, -0.2) is 8.42 Å². The van der Waals surface area contributed by atoms with Crippen LogP contribution in [0.25, 0.3) is 0 Å². The van der Waals surface area contributed by atoms with Crippen LogP contribution in [0.3, 0.4) is 0 Å². The van der Waals surface area contributed by atoms with Gasteiger partial charge in [-0.15, -0.1) is 0 Å². The molecule has 0 unspecified atom stereocenters. The fourth-order valence-electron chi connectivity index (χ4n) is 4.09. The maximum atomic E-state index is 12.9. The number of halogens is 1. The molecule has 8 heteroatoms. The predicted molar refractivity (Wildman–Crippen MR) is 135 cm³/mol. The van der Waals surface area contributed by atoms with Gasteiger partial charge in [0, 0.05) is 24.3 Å². The van der Waals surface area contributed by atoms with Gasteiger partial charge in [-0.05, 0) is 67.4 Å². The van der Waals surface area contributed by atoms with E-state index in [2.05, 4.69) is 21.0 Å². The van der Waals surface area contributed by atoms with Crippen molar-refractivity contribution in [2.45, 2.75) is 37.2 Å². The van der Waals surface area contributed by atoms with Crippen LogP contribution in [0, 0.1) is 0 Å². The summed E-state index contributed by atoms with van der Waals surface area (Å²) in [5, 5.41) is 2.97. The number of nitrogens with zero attached hydrogens (tertiary/aromatic N) is 1. The third-order valence-electron chi connectivity index (χ3n) is 5.91. The van der Waals surface area contributed by atoms with Gasteiger partial charge in [0.25, 0.3) is 15.9 Å². The summed E-state index contributed by atoms with van der Waals surface area (Å²) in [5.74, 6) is -0.361. The van der Waals surface area contributed by atoms with Crippen LogP contribution < -0.4 is 10.0 Å². The van der Waals surface area contributed by atoms with E-state index in [-0.39, 0.29) is 21.4 Å². The number of sulfonamides is 1. The zero-order chi connectivity index (χ0) is 24.0. The lowest BCUT2D eigenvalue weighted by Crippen LogP contribution is -2.30. The molecule has 2 N–H and O–H groups in total. The van der Waals surface area contributed by atoms with Crippen molar-refractivity contribution in [3.8, 4) is 0 Å². The second-order valence-electron chi connectivity index (χ2n) is 8.40. The second kappa shape index (κ2) is 11.0. The molecule has 6 nitrogen and oxygen atoms in total. The summed E-state index contributed by atoms with van der Waals surface area (Å²) in [6.45, 7) is 3.41. The van der Waals surface area contributed by atoms with Crippen LogP contribution in [0.2, 0.25) is 5.02 Å². The molecule has 0 saturated carbocycles. The van der Waals surface area contributed by atoms with E-state index in [1.54, 1.807) is 30.3 Å². The Bertz CT molecular complexity index is 1240. The molecule has 3 aromatic carbocycles. The van der Waals surface area contributed by atoms with Crippen LogP contribution in [0.1, 0.15) is 40.7 Å². The lowest BCUT2D eigenvalue weighted by molar-refractivity contribution is 0.0950. The van der Waals surface area contributed by atoms with Gasteiger partial charge < -0.3 is 5.32 Å². The number of hydrogen-bond donors (Lipinski definition) is 2. The average Bonchev–Trinajstić information content (AvgIpc) is 2.84. The van der Waals surface area contributed by atoms with Crippen LogP contribution in [0.5, 0.6) is 0 Å². The van der Waals surface area contributed by atoms with Gasteiger partial charge in [-0.2, -0.15) is 0 Å². The lowest BCUT2D eigenvalue weighted by Gasteiger charge is -2.27. The van der Waals surface area contributed by atoms with Crippen molar-refractivity contribution in [2.75, 3.05) is 17.8 Å². The van der Waals surface area contributed by atoms with E-state index in [1.165, 1.54) is 43.0 Å². The minimum Gasteiger partial charge on any atom is -0.348 e. The summed E-state index contributed by atoms with van der Waals surface area (Å²) in [4.78, 5) is 15.2. The molecule has 0 radical (unpaired) electrons. The Hall–Kier alpha value is -2.87. The van der Waals surface area contributed by atoms with Crippen molar-refractivity contribution in [1.82, 2.24) is 10.2 Å². The van der Waals surface area contributed by atoms with E-state index in [0.717, 1.165) is 25.2 Å². The predicted octanol–water partition coefficient (Wildman–Crippen LogP) is 5.06. The Labute approximate surface area is 206 Å². The maximum Gasteiger partial charge on any atom is 0.263 e. The summed E-state index contributed by atoms with van der Waals surface area (Å²) < 4.78 is 28.3. The van der Waals surface area contributed by atoms with E-state index in [0.29, 0.717) is 12.2 Å². The molecule has 1 saturated heterocycles. The van der Waals surface area contributed by atoms with Crippen molar-refractivity contribution in [3.05, 3.63) is 94.5 Å². The molecule has 0 aliphatic carbocycles. The average molecular weight is 498 g/mol. The van der Waals surface area contributed by atoms with Gasteiger partial charge >= 0.3 is 0 Å². The number of hydrogen-bond acceptors (Lipinski definition) is 4. The normalized spacial score (nSPS) is 14.5. The van der Waals surface area contributed by atoms with Crippen LogP contribution in [-0.4, -0.2) is 32.3 Å². The number of amides is 1. The molecule has 0 aromatic heterocycles. The quantitative estimate of drug-likeness (QED) is 0.456. The van der Waals surface area contributed by atoms with E-state index < -0.39 is 10.0 Å². The smallest absolute Gasteiger partial charge is 0.263 e. The molecular formula is C26H28ClN3O3S. The van der Waals surface area contributed by atoms with Gasteiger partial charge in [0.1, 0.15) is 4.90 Å². The number of carbonyl (C=O) groups excluding carboxylic acids is 1. The third-order valence-corrected chi connectivity index (χ3v) is 7.77. The zero-order valence-electron chi connectivity index (χ0n) is 18.8. The Kier molecular flexibility index (Phi) is 7.88. The Balaban J connectivity index is 1.46. The number of anilines is 1.